The minimum Gasteiger partial charge on any atom is -0.464 e. The number of carbonyl (C=O) groups is 3. The fraction of sp³-hybridized carbons (Fsp3) is 0.462. The van der Waals surface area contributed by atoms with Crippen molar-refractivity contribution in [1.82, 2.24) is 40.1 Å². The third-order valence-electron chi connectivity index (χ3n) is 8.76. The van der Waals surface area contributed by atoms with Crippen LogP contribution in [0.4, 0.5) is 4.79 Å². The number of amides is 2. The van der Waals surface area contributed by atoms with E-state index in [-0.39, 0.29) is 75.2 Å². The lowest BCUT2D eigenvalue weighted by atomic mass is 10.2. The molecule has 21 heteroatoms. The molecule has 0 unspecified atom stereocenters. The second-order valence-electron chi connectivity index (χ2n) is 16.1. The van der Waals surface area contributed by atoms with Crippen molar-refractivity contribution in [3.8, 4) is 46.3 Å². The van der Waals surface area contributed by atoms with Gasteiger partial charge in [-0.2, -0.15) is 11.8 Å². The molecule has 2 atom stereocenters. The number of nitrogens with zero attached hydrogens (tertiary/aromatic N) is 7. The van der Waals surface area contributed by atoms with Crippen LogP contribution in [0.5, 0.6) is 0 Å². The molecule has 1 aliphatic heterocycles. The van der Waals surface area contributed by atoms with Crippen molar-refractivity contribution in [3.05, 3.63) is 59.7 Å². The number of esters is 1. The van der Waals surface area contributed by atoms with Crippen LogP contribution in [0, 0.1) is 13.8 Å². The molecule has 1 saturated heterocycles. The lowest BCUT2D eigenvalue weighted by molar-refractivity contribution is -0.0634. The van der Waals surface area contributed by atoms with Gasteiger partial charge >= 0.3 is 12.1 Å². The van der Waals surface area contributed by atoms with E-state index < -0.39 is 41.4 Å². The van der Waals surface area contributed by atoms with Crippen LogP contribution in [0.1, 0.15) is 112 Å². The van der Waals surface area contributed by atoms with Crippen molar-refractivity contribution in [2.45, 2.75) is 97.4 Å². The van der Waals surface area contributed by atoms with Crippen LogP contribution in [-0.4, -0.2) is 88.3 Å². The monoisotopic (exact) mass is 848 g/mol. The number of thioether (sulfide) groups is 1. The number of hydrogen-bond acceptors (Lipinski definition) is 19. The van der Waals surface area contributed by atoms with Crippen molar-refractivity contribution in [2.75, 3.05) is 19.5 Å². The summed E-state index contributed by atoms with van der Waals surface area (Å²) >= 11 is 1.59. The summed E-state index contributed by atoms with van der Waals surface area (Å²) in [6.07, 6.45) is 4.45. The zero-order valence-electron chi connectivity index (χ0n) is 34.8. The normalized spacial score (nSPS) is 16.0. The highest BCUT2D eigenvalue weighted by Crippen LogP contribution is 2.39. The highest BCUT2D eigenvalue weighted by atomic mass is 32.2. The molecule has 7 rings (SSSR count). The molecule has 6 aromatic heterocycles. The Morgan fingerprint density at radius 1 is 0.817 bits per heavy atom. The van der Waals surface area contributed by atoms with Crippen LogP contribution in [0.25, 0.3) is 46.3 Å². The fourth-order valence-corrected chi connectivity index (χ4v) is 6.84. The van der Waals surface area contributed by atoms with Crippen LogP contribution in [0.2, 0.25) is 0 Å². The largest absolute Gasteiger partial charge is 0.464 e. The molecule has 318 valence electrons. The number of oxazole rings is 6. The quantitative estimate of drug-likeness (QED) is 0.122. The molecule has 1 fully saturated rings. The van der Waals surface area contributed by atoms with Gasteiger partial charge in [-0.1, -0.05) is 20.8 Å². The van der Waals surface area contributed by atoms with Crippen LogP contribution in [-0.2, 0) is 14.2 Å². The van der Waals surface area contributed by atoms with Gasteiger partial charge in [0.15, 0.2) is 34.2 Å². The minimum atomic E-state index is -0.976. The highest BCUT2D eigenvalue weighted by molar-refractivity contribution is 8.00. The summed E-state index contributed by atoms with van der Waals surface area (Å²) in [6, 6.07) is -1.39. The number of methoxy groups -OCH3 is 1. The molecule has 7 heterocycles. The number of ether oxygens (including phenoxy) is 3. The Labute approximate surface area is 347 Å². The summed E-state index contributed by atoms with van der Waals surface area (Å²) in [6.45, 7) is 18.5. The van der Waals surface area contributed by atoms with E-state index in [2.05, 4.69) is 35.2 Å². The molecule has 0 spiro atoms. The molecule has 0 aliphatic carbocycles. The average Bonchev–Trinajstić information content (AvgIpc) is 4.01. The molecular weight excluding hydrogens is 805 g/mol. The topological polar surface area (TPSA) is 250 Å². The van der Waals surface area contributed by atoms with Crippen LogP contribution in [0.15, 0.2) is 51.6 Å². The molecule has 0 aromatic carbocycles. The van der Waals surface area contributed by atoms with Crippen LogP contribution in [0.3, 0.4) is 0 Å². The number of aromatic nitrogens is 6. The molecule has 0 saturated carbocycles. The molecule has 0 bridgehead atoms. The summed E-state index contributed by atoms with van der Waals surface area (Å²) in [5.41, 5.74) is -0.768. The molecule has 60 heavy (non-hydrogen) atoms. The van der Waals surface area contributed by atoms with Crippen LogP contribution >= 0.6 is 11.8 Å². The van der Waals surface area contributed by atoms with E-state index in [1.54, 1.807) is 60.2 Å². The van der Waals surface area contributed by atoms with Gasteiger partial charge in [-0.15, -0.1) is 0 Å². The van der Waals surface area contributed by atoms with Gasteiger partial charge in [-0.05, 0) is 48.5 Å². The van der Waals surface area contributed by atoms with Crippen molar-refractivity contribution >= 4 is 29.7 Å². The summed E-state index contributed by atoms with van der Waals surface area (Å²) in [7, 11) is 1.24. The second-order valence-corrected chi connectivity index (χ2v) is 18.0. The van der Waals surface area contributed by atoms with Gasteiger partial charge in [0.1, 0.15) is 60.0 Å². The maximum Gasteiger partial charge on any atom is 0.413 e. The zero-order valence-corrected chi connectivity index (χ0v) is 35.6. The maximum absolute atomic E-state index is 13.7. The SMILES string of the molecule is COC(=O)c1coc(-c2nc(-c3nc([C@@H](CSC(C)(C)C)NC(=O)c4coc(-c5coc(-c6coc([C@@H]7COC(C)(C)N7C(=O)OC(C)(C)C)n6)n5)n4)oc3C)oc2C)n1. The summed E-state index contributed by atoms with van der Waals surface area (Å²) in [5, 5.41) is 2.96. The van der Waals surface area contributed by atoms with Crippen molar-refractivity contribution in [1.29, 1.82) is 0 Å². The number of carbonyl (C=O) groups excluding carboxylic acids is 3. The van der Waals surface area contributed by atoms with E-state index >= 15 is 0 Å². The van der Waals surface area contributed by atoms with E-state index in [9.17, 15) is 14.4 Å². The van der Waals surface area contributed by atoms with E-state index in [0.717, 1.165) is 0 Å². The highest BCUT2D eigenvalue weighted by Gasteiger charge is 2.48. The van der Waals surface area contributed by atoms with E-state index in [4.69, 9.17) is 40.7 Å². The first kappa shape index (κ1) is 41.9. The second kappa shape index (κ2) is 15.8. The first-order valence-corrected chi connectivity index (χ1v) is 19.7. The number of aryl methyl sites for hydroxylation is 2. The van der Waals surface area contributed by atoms with Crippen molar-refractivity contribution in [2.24, 2.45) is 0 Å². The predicted octanol–water partition coefficient (Wildman–Crippen LogP) is 7.73. The molecule has 1 aliphatic rings. The maximum atomic E-state index is 13.7. The summed E-state index contributed by atoms with van der Waals surface area (Å²) < 4.78 is 50.6. The Hall–Kier alpha value is -6.22. The minimum absolute atomic E-state index is 0.00982. The molecular formula is C39H44N8O12S. The van der Waals surface area contributed by atoms with Gasteiger partial charge in [0.25, 0.3) is 5.91 Å². The summed E-state index contributed by atoms with van der Waals surface area (Å²) in [4.78, 5) is 66.9. The van der Waals surface area contributed by atoms with Crippen molar-refractivity contribution in [3.63, 3.8) is 0 Å². The fourth-order valence-electron chi connectivity index (χ4n) is 5.95. The van der Waals surface area contributed by atoms with Gasteiger partial charge < -0.3 is 46.0 Å². The molecule has 2 amide bonds. The Morgan fingerprint density at radius 2 is 1.43 bits per heavy atom. The third kappa shape index (κ3) is 8.86. The number of rotatable bonds is 11. The lowest BCUT2D eigenvalue weighted by Crippen LogP contribution is -2.47. The molecule has 20 nitrogen and oxygen atoms in total. The Morgan fingerprint density at radius 3 is 2.15 bits per heavy atom. The van der Waals surface area contributed by atoms with E-state index in [1.807, 2.05) is 20.8 Å². The predicted molar refractivity (Wildman–Crippen MR) is 209 cm³/mol. The van der Waals surface area contributed by atoms with Gasteiger partial charge in [-0.25, -0.2) is 39.5 Å². The van der Waals surface area contributed by atoms with Gasteiger partial charge in [0.05, 0.1) is 13.7 Å². The number of nitrogens with one attached hydrogen (secondary N) is 1. The van der Waals surface area contributed by atoms with E-state index in [0.29, 0.717) is 23.0 Å². The standard InChI is InChI=1S/C39H44N8O12S/c1-18-26(33-44-23(15-55-33)35(49)51-11)46-34(58-18)27-19(2)57-31(45-27)24(17-60-38(6,7)8)40-28(48)20-12-52-29(41-20)21-13-53-30(42-21)22-14-54-32(43-22)25-16-56-39(9,10)47(25)36(50)59-37(3,4)5/h12-15,24-25H,16-17H2,1-11H3,(H,40,48)/t24-,25+/m1/s1. The smallest absolute Gasteiger partial charge is 0.413 e. The summed E-state index contributed by atoms with van der Waals surface area (Å²) in [5.74, 6) is 0.575. The lowest BCUT2D eigenvalue weighted by Gasteiger charge is -2.34. The van der Waals surface area contributed by atoms with E-state index in [1.165, 1.54) is 37.1 Å². The zero-order chi connectivity index (χ0) is 43.3. The first-order valence-electron chi connectivity index (χ1n) is 18.7. The van der Waals surface area contributed by atoms with Crippen LogP contribution < -0.4 is 5.32 Å². The van der Waals surface area contributed by atoms with Gasteiger partial charge in [0.2, 0.25) is 35.3 Å². The van der Waals surface area contributed by atoms with Crippen molar-refractivity contribution < 1.29 is 55.1 Å². The average molecular weight is 849 g/mol. The Kier molecular flexibility index (Phi) is 11.0. The molecule has 6 aromatic rings. The van der Waals surface area contributed by atoms with Gasteiger partial charge in [-0.3, -0.25) is 9.69 Å². The van der Waals surface area contributed by atoms with Gasteiger partial charge in [0, 0.05) is 10.5 Å². The Bertz CT molecular complexity index is 2530. The molecule has 0 radical (unpaired) electrons. The third-order valence-corrected chi connectivity index (χ3v) is 10.1. The number of hydrogen-bond donors (Lipinski definition) is 1. The molecule has 1 N–H and O–H groups in total. The first-order chi connectivity index (χ1) is 28.2. The Balaban J connectivity index is 1.07.